The van der Waals surface area contributed by atoms with Crippen LogP contribution in [0.2, 0.25) is 0 Å². The second-order valence-corrected chi connectivity index (χ2v) is 4.41. The van der Waals surface area contributed by atoms with Gasteiger partial charge in [-0.2, -0.15) is 0 Å². The lowest BCUT2D eigenvalue weighted by atomic mass is 10.3. The number of anilines is 1. The molecule has 6 nitrogen and oxygen atoms in total. The normalized spacial score (nSPS) is 13.7. The molecule has 0 spiro atoms. The van der Waals surface area contributed by atoms with Gasteiger partial charge in [-0.3, -0.25) is 4.79 Å². The lowest BCUT2D eigenvalue weighted by molar-refractivity contribution is -0.137. The minimum Gasteiger partial charge on any atom is -0.497 e. The molecule has 2 amide bonds. The van der Waals surface area contributed by atoms with Gasteiger partial charge in [0.1, 0.15) is 12.3 Å². The first kappa shape index (κ1) is 13.2. The van der Waals surface area contributed by atoms with Crippen molar-refractivity contribution in [3.63, 3.8) is 0 Å². The first-order valence-corrected chi connectivity index (χ1v) is 6.03. The van der Waals surface area contributed by atoms with Gasteiger partial charge in [0, 0.05) is 11.7 Å². The number of hydrogen-bond donors (Lipinski definition) is 2. The molecule has 1 aromatic carbocycles. The summed E-state index contributed by atoms with van der Waals surface area (Å²) in [6.07, 6.45) is 1.73. The van der Waals surface area contributed by atoms with Crippen molar-refractivity contribution >= 4 is 17.7 Å². The Morgan fingerprint density at radius 3 is 2.47 bits per heavy atom. The zero-order valence-electron chi connectivity index (χ0n) is 10.6. The Bertz CT molecular complexity index is 468. The second kappa shape index (κ2) is 5.60. The van der Waals surface area contributed by atoms with Crippen molar-refractivity contribution in [1.29, 1.82) is 0 Å². The highest BCUT2D eigenvalue weighted by molar-refractivity contribution is 5.91. The molecular weight excluding hydrogens is 248 g/mol. The van der Waals surface area contributed by atoms with Crippen molar-refractivity contribution in [3.8, 4) is 5.75 Å². The maximum absolute atomic E-state index is 12.0. The number of amides is 2. The molecule has 0 aromatic heterocycles. The van der Waals surface area contributed by atoms with Gasteiger partial charge in [-0.1, -0.05) is 0 Å². The van der Waals surface area contributed by atoms with Crippen LogP contribution in [-0.2, 0) is 4.79 Å². The molecule has 0 bridgehead atoms. The molecule has 1 aliphatic rings. The van der Waals surface area contributed by atoms with Gasteiger partial charge in [-0.15, -0.1) is 0 Å². The van der Waals surface area contributed by atoms with Gasteiger partial charge in [-0.05, 0) is 37.1 Å². The predicted octanol–water partition coefficient (Wildman–Crippen LogP) is 1.78. The zero-order chi connectivity index (χ0) is 13.8. The summed E-state index contributed by atoms with van der Waals surface area (Å²) in [5, 5.41) is 11.5. The molecule has 0 aliphatic heterocycles. The number of carbonyl (C=O) groups is 2. The summed E-state index contributed by atoms with van der Waals surface area (Å²) in [5.41, 5.74) is 0.613. The van der Waals surface area contributed by atoms with E-state index in [0.717, 1.165) is 12.8 Å². The van der Waals surface area contributed by atoms with Crippen molar-refractivity contribution in [2.24, 2.45) is 0 Å². The molecule has 0 atom stereocenters. The number of rotatable bonds is 5. The number of nitrogens with zero attached hydrogens (tertiary/aromatic N) is 1. The van der Waals surface area contributed by atoms with E-state index >= 15 is 0 Å². The summed E-state index contributed by atoms with van der Waals surface area (Å²) in [7, 11) is 1.56. The third-order valence-corrected chi connectivity index (χ3v) is 2.90. The van der Waals surface area contributed by atoms with Crippen molar-refractivity contribution in [2.45, 2.75) is 18.9 Å². The fourth-order valence-corrected chi connectivity index (χ4v) is 1.77. The van der Waals surface area contributed by atoms with Gasteiger partial charge in [0.25, 0.3) is 0 Å². The predicted molar refractivity (Wildman–Crippen MR) is 69.4 cm³/mol. The van der Waals surface area contributed by atoms with Crippen molar-refractivity contribution in [2.75, 3.05) is 19.0 Å². The summed E-state index contributed by atoms with van der Waals surface area (Å²) >= 11 is 0. The smallest absolute Gasteiger partial charge is 0.323 e. The number of ether oxygens (including phenoxy) is 1. The second-order valence-electron chi connectivity index (χ2n) is 4.41. The van der Waals surface area contributed by atoms with Crippen molar-refractivity contribution in [3.05, 3.63) is 24.3 Å². The van der Waals surface area contributed by atoms with E-state index in [1.807, 2.05) is 0 Å². The number of aliphatic carboxylic acids is 1. The standard InChI is InChI=1S/C13H16N2O4/c1-19-11-6-2-9(3-7-11)14-13(18)15(8-12(16)17)10-4-5-10/h2-3,6-7,10H,4-5,8H2,1H3,(H,14,18)(H,16,17). The quantitative estimate of drug-likeness (QED) is 0.849. The summed E-state index contributed by atoms with van der Waals surface area (Å²) in [6.45, 7) is -0.271. The molecule has 1 fully saturated rings. The maximum atomic E-state index is 12.0. The van der Waals surface area contributed by atoms with Gasteiger partial charge >= 0.3 is 12.0 Å². The van der Waals surface area contributed by atoms with E-state index in [9.17, 15) is 9.59 Å². The fourth-order valence-electron chi connectivity index (χ4n) is 1.77. The van der Waals surface area contributed by atoms with Crippen LogP contribution in [0.4, 0.5) is 10.5 Å². The minimum atomic E-state index is -1.00. The number of hydrogen-bond acceptors (Lipinski definition) is 3. The molecule has 6 heteroatoms. The van der Waals surface area contributed by atoms with Crippen LogP contribution in [0.25, 0.3) is 0 Å². The zero-order valence-corrected chi connectivity index (χ0v) is 10.6. The van der Waals surface area contributed by atoms with Crippen LogP contribution >= 0.6 is 0 Å². The number of carbonyl (C=O) groups excluding carboxylic acids is 1. The van der Waals surface area contributed by atoms with Gasteiger partial charge < -0.3 is 20.1 Å². The molecule has 2 rings (SSSR count). The lowest BCUT2D eigenvalue weighted by Crippen LogP contribution is -2.40. The summed E-state index contributed by atoms with van der Waals surface area (Å²) in [4.78, 5) is 24.1. The van der Waals surface area contributed by atoms with E-state index in [1.165, 1.54) is 4.90 Å². The molecule has 19 heavy (non-hydrogen) atoms. The molecule has 0 unspecified atom stereocenters. The Hall–Kier alpha value is -2.24. The minimum absolute atomic E-state index is 0.0503. The third kappa shape index (κ3) is 3.61. The van der Waals surface area contributed by atoms with Crippen LogP contribution in [0.3, 0.4) is 0 Å². The summed E-state index contributed by atoms with van der Waals surface area (Å²) < 4.78 is 5.02. The van der Waals surface area contributed by atoms with E-state index in [2.05, 4.69) is 5.32 Å². The van der Waals surface area contributed by atoms with E-state index < -0.39 is 5.97 Å². The molecular formula is C13H16N2O4. The van der Waals surface area contributed by atoms with E-state index in [4.69, 9.17) is 9.84 Å². The molecule has 1 aromatic rings. The Morgan fingerprint density at radius 2 is 2.00 bits per heavy atom. The molecule has 1 aliphatic carbocycles. The first-order valence-electron chi connectivity index (χ1n) is 6.03. The highest BCUT2D eigenvalue weighted by Crippen LogP contribution is 2.27. The number of carboxylic acid groups (broad SMARTS) is 1. The van der Waals surface area contributed by atoms with Gasteiger partial charge in [0.2, 0.25) is 0 Å². The molecule has 0 saturated heterocycles. The van der Waals surface area contributed by atoms with E-state index in [-0.39, 0.29) is 18.6 Å². The highest BCUT2D eigenvalue weighted by atomic mass is 16.5. The number of benzene rings is 1. The van der Waals surface area contributed by atoms with Gasteiger partial charge in [0.15, 0.2) is 0 Å². The highest BCUT2D eigenvalue weighted by Gasteiger charge is 2.33. The average molecular weight is 264 g/mol. The Kier molecular flexibility index (Phi) is 3.89. The molecule has 1 saturated carbocycles. The Labute approximate surface area is 111 Å². The largest absolute Gasteiger partial charge is 0.497 e. The average Bonchev–Trinajstić information content (AvgIpc) is 3.21. The van der Waals surface area contributed by atoms with E-state index in [1.54, 1.807) is 31.4 Å². The van der Waals surface area contributed by atoms with E-state index in [0.29, 0.717) is 11.4 Å². The van der Waals surface area contributed by atoms with Crippen LogP contribution in [-0.4, -0.2) is 41.7 Å². The van der Waals surface area contributed by atoms with Crippen LogP contribution in [0.5, 0.6) is 5.75 Å². The summed E-state index contributed by atoms with van der Waals surface area (Å²) in [5.74, 6) is -0.306. The van der Waals surface area contributed by atoms with Gasteiger partial charge in [-0.25, -0.2) is 4.79 Å². The monoisotopic (exact) mass is 264 g/mol. The Morgan fingerprint density at radius 1 is 1.37 bits per heavy atom. The molecule has 0 heterocycles. The van der Waals surface area contributed by atoms with Gasteiger partial charge in [0.05, 0.1) is 7.11 Å². The first-order chi connectivity index (χ1) is 9.10. The van der Waals surface area contributed by atoms with Crippen LogP contribution < -0.4 is 10.1 Å². The number of methoxy groups -OCH3 is 1. The van der Waals surface area contributed by atoms with Crippen LogP contribution in [0.15, 0.2) is 24.3 Å². The molecule has 0 radical (unpaired) electrons. The number of carboxylic acids is 1. The van der Waals surface area contributed by atoms with Crippen LogP contribution in [0.1, 0.15) is 12.8 Å². The fraction of sp³-hybridized carbons (Fsp3) is 0.385. The summed E-state index contributed by atoms with van der Waals surface area (Å²) in [6, 6.07) is 6.55. The van der Waals surface area contributed by atoms with Crippen molar-refractivity contribution < 1.29 is 19.4 Å². The topological polar surface area (TPSA) is 78.9 Å². The van der Waals surface area contributed by atoms with Crippen molar-refractivity contribution in [1.82, 2.24) is 4.90 Å². The Balaban J connectivity index is 1.99. The third-order valence-electron chi connectivity index (χ3n) is 2.90. The SMILES string of the molecule is COc1ccc(NC(=O)N(CC(=O)O)C2CC2)cc1. The number of urea groups is 1. The van der Waals surface area contributed by atoms with Crippen LogP contribution in [0, 0.1) is 0 Å². The maximum Gasteiger partial charge on any atom is 0.323 e. The molecule has 2 N–H and O–H groups in total. The number of nitrogens with one attached hydrogen (secondary N) is 1. The molecule has 102 valence electrons. The lowest BCUT2D eigenvalue weighted by Gasteiger charge is -2.20.